The van der Waals surface area contributed by atoms with Gasteiger partial charge in [0.05, 0.1) is 6.10 Å². The molecule has 0 saturated heterocycles. The van der Waals surface area contributed by atoms with Crippen LogP contribution < -0.4 is 0 Å². The van der Waals surface area contributed by atoms with Crippen LogP contribution in [0.3, 0.4) is 0 Å². The summed E-state index contributed by atoms with van der Waals surface area (Å²) in [5, 5.41) is 10.1. The molecule has 0 bridgehead atoms. The molecule has 0 saturated carbocycles. The van der Waals surface area contributed by atoms with E-state index >= 15 is 0 Å². The molecule has 1 unspecified atom stereocenters. The van der Waals surface area contributed by atoms with Crippen molar-refractivity contribution >= 4 is 0 Å². The molecule has 0 radical (unpaired) electrons. The Labute approximate surface area is 122 Å². The fourth-order valence-corrected chi connectivity index (χ4v) is 2.80. The number of rotatable bonds is 4. The molecule has 21 heavy (non-hydrogen) atoms. The fourth-order valence-electron chi connectivity index (χ4n) is 2.80. The second kappa shape index (κ2) is 5.92. The lowest BCUT2D eigenvalue weighted by molar-refractivity contribution is 0.137. The van der Waals surface area contributed by atoms with Crippen LogP contribution in [0.5, 0.6) is 0 Å². The van der Waals surface area contributed by atoms with Crippen molar-refractivity contribution in [3.63, 3.8) is 0 Å². The Morgan fingerprint density at radius 3 is 2.33 bits per heavy atom. The minimum absolute atomic E-state index is 0.0340. The second-order valence-corrected chi connectivity index (χ2v) is 5.43. The van der Waals surface area contributed by atoms with Gasteiger partial charge in [0.1, 0.15) is 0 Å². The molecule has 0 amide bonds. The van der Waals surface area contributed by atoms with E-state index in [1.807, 2.05) is 12.1 Å². The van der Waals surface area contributed by atoms with Crippen LogP contribution in [0, 0.1) is 11.6 Å². The molecule has 2 aromatic rings. The molecule has 0 fully saturated rings. The van der Waals surface area contributed by atoms with Gasteiger partial charge in [-0.15, -0.1) is 0 Å². The molecule has 0 aromatic heterocycles. The summed E-state index contributed by atoms with van der Waals surface area (Å²) in [5.74, 6) is -1.87. The summed E-state index contributed by atoms with van der Waals surface area (Å²) in [7, 11) is 0. The zero-order valence-electron chi connectivity index (χ0n) is 11.6. The average Bonchev–Trinajstić information content (AvgIpc) is 2.90. The maximum absolute atomic E-state index is 13.6. The zero-order chi connectivity index (χ0) is 14.8. The van der Waals surface area contributed by atoms with E-state index in [-0.39, 0.29) is 5.56 Å². The predicted molar refractivity (Wildman–Crippen MR) is 76.5 cm³/mol. The van der Waals surface area contributed by atoms with Crippen molar-refractivity contribution in [2.45, 2.75) is 25.6 Å². The molecule has 2 aromatic carbocycles. The van der Waals surface area contributed by atoms with Crippen molar-refractivity contribution in [2.24, 2.45) is 0 Å². The van der Waals surface area contributed by atoms with Gasteiger partial charge in [0.25, 0.3) is 0 Å². The van der Waals surface area contributed by atoms with Gasteiger partial charge in [-0.3, -0.25) is 4.90 Å². The highest BCUT2D eigenvalue weighted by atomic mass is 19.2. The van der Waals surface area contributed by atoms with Crippen LogP contribution in [-0.4, -0.2) is 16.6 Å². The van der Waals surface area contributed by atoms with Crippen molar-refractivity contribution in [3.8, 4) is 0 Å². The van der Waals surface area contributed by atoms with Crippen LogP contribution in [0.25, 0.3) is 0 Å². The van der Waals surface area contributed by atoms with E-state index in [1.165, 1.54) is 23.3 Å². The molecule has 1 atom stereocenters. The van der Waals surface area contributed by atoms with Crippen LogP contribution in [0.15, 0.2) is 42.5 Å². The summed E-state index contributed by atoms with van der Waals surface area (Å²) in [4.78, 5) is 2.20. The first kappa shape index (κ1) is 14.2. The van der Waals surface area contributed by atoms with Gasteiger partial charge in [0.15, 0.2) is 11.6 Å². The van der Waals surface area contributed by atoms with Crippen molar-refractivity contribution in [2.75, 3.05) is 6.54 Å². The summed E-state index contributed by atoms with van der Waals surface area (Å²) in [6, 6.07) is 12.1. The number of hydrogen-bond acceptors (Lipinski definition) is 2. The minimum atomic E-state index is -0.982. The maximum Gasteiger partial charge on any atom is 0.164 e. The molecule has 1 aliphatic heterocycles. The van der Waals surface area contributed by atoms with E-state index in [2.05, 4.69) is 17.0 Å². The Bertz CT molecular complexity index is 619. The van der Waals surface area contributed by atoms with Crippen molar-refractivity contribution in [1.82, 2.24) is 4.90 Å². The van der Waals surface area contributed by atoms with Crippen LogP contribution in [0.4, 0.5) is 8.78 Å². The van der Waals surface area contributed by atoms with Gasteiger partial charge in [-0.1, -0.05) is 36.4 Å². The molecule has 2 nitrogen and oxygen atoms in total. The molecule has 3 rings (SSSR count). The lowest BCUT2D eigenvalue weighted by Crippen LogP contribution is -2.20. The number of benzene rings is 2. The van der Waals surface area contributed by atoms with Crippen LogP contribution >= 0.6 is 0 Å². The highest BCUT2D eigenvalue weighted by Crippen LogP contribution is 2.26. The van der Waals surface area contributed by atoms with Gasteiger partial charge >= 0.3 is 0 Å². The fraction of sp³-hybridized carbons (Fsp3) is 0.294. The number of aliphatic hydroxyl groups excluding tert-OH is 1. The van der Waals surface area contributed by atoms with E-state index in [1.54, 1.807) is 0 Å². The molecule has 4 heteroatoms. The topological polar surface area (TPSA) is 23.5 Å². The molecule has 0 spiro atoms. The van der Waals surface area contributed by atoms with Crippen molar-refractivity contribution < 1.29 is 13.9 Å². The van der Waals surface area contributed by atoms with E-state index in [4.69, 9.17) is 0 Å². The van der Waals surface area contributed by atoms with E-state index in [9.17, 15) is 13.9 Å². The monoisotopic (exact) mass is 289 g/mol. The third-order valence-electron chi connectivity index (χ3n) is 3.97. The molecule has 0 aliphatic carbocycles. The number of aliphatic hydroxyl groups is 1. The number of nitrogens with zero attached hydrogens (tertiary/aromatic N) is 1. The van der Waals surface area contributed by atoms with Gasteiger partial charge in [0.2, 0.25) is 0 Å². The van der Waals surface area contributed by atoms with Gasteiger partial charge in [-0.05, 0) is 23.6 Å². The largest absolute Gasteiger partial charge is 0.388 e. The van der Waals surface area contributed by atoms with Crippen LogP contribution in [0.1, 0.15) is 29.2 Å². The quantitative estimate of drug-likeness (QED) is 0.932. The molecule has 110 valence electrons. The molecular weight excluding hydrogens is 272 g/mol. The first-order valence-electron chi connectivity index (χ1n) is 7.06. The number of halogens is 2. The molecule has 1 aliphatic rings. The lowest BCUT2D eigenvalue weighted by Gasteiger charge is -2.18. The second-order valence-electron chi connectivity index (χ2n) is 5.43. The number of fused-ring (bicyclic) bond motifs is 1. The molecule has 1 heterocycles. The SMILES string of the molecule is OC(CCN1Cc2ccccc2C1)c1cccc(F)c1F. The highest BCUT2D eigenvalue weighted by molar-refractivity contribution is 5.30. The third-order valence-corrected chi connectivity index (χ3v) is 3.97. The van der Waals surface area contributed by atoms with E-state index < -0.39 is 17.7 Å². The molecular formula is C17H17F2NO. The number of hydrogen-bond donors (Lipinski definition) is 1. The van der Waals surface area contributed by atoms with Gasteiger partial charge in [0, 0.05) is 25.2 Å². The first-order valence-corrected chi connectivity index (χ1v) is 7.06. The van der Waals surface area contributed by atoms with E-state index in [0.717, 1.165) is 19.2 Å². The van der Waals surface area contributed by atoms with Gasteiger partial charge in [-0.25, -0.2) is 8.78 Å². The van der Waals surface area contributed by atoms with E-state index in [0.29, 0.717) is 13.0 Å². The normalized spacial score (nSPS) is 16.0. The maximum atomic E-state index is 13.6. The van der Waals surface area contributed by atoms with Gasteiger partial charge in [-0.2, -0.15) is 0 Å². The molecule has 1 N–H and O–H groups in total. The van der Waals surface area contributed by atoms with Crippen LogP contribution in [0.2, 0.25) is 0 Å². The lowest BCUT2D eigenvalue weighted by atomic mass is 10.1. The Kier molecular flexibility index (Phi) is 3.99. The summed E-state index contributed by atoms with van der Waals surface area (Å²) in [6.07, 6.45) is -0.599. The third kappa shape index (κ3) is 2.96. The first-order chi connectivity index (χ1) is 10.1. The Morgan fingerprint density at radius 2 is 1.67 bits per heavy atom. The summed E-state index contributed by atoms with van der Waals surface area (Å²) in [6.45, 7) is 2.33. The van der Waals surface area contributed by atoms with Crippen molar-refractivity contribution in [1.29, 1.82) is 0 Å². The average molecular weight is 289 g/mol. The van der Waals surface area contributed by atoms with Crippen molar-refractivity contribution in [3.05, 3.63) is 70.8 Å². The summed E-state index contributed by atoms with van der Waals surface area (Å²) >= 11 is 0. The summed E-state index contributed by atoms with van der Waals surface area (Å²) in [5.41, 5.74) is 2.62. The standard InChI is InChI=1S/C17H17F2NO/c18-15-7-3-6-14(17(15)19)16(21)8-9-20-10-12-4-1-2-5-13(12)11-20/h1-7,16,21H,8-11H2. The Hall–Kier alpha value is -1.78. The Balaban J connectivity index is 1.60. The van der Waals surface area contributed by atoms with Gasteiger partial charge < -0.3 is 5.11 Å². The van der Waals surface area contributed by atoms with Crippen LogP contribution in [-0.2, 0) is 13.1 Å². The Morgan fingerprint density at radius 1 is 1.00 bits per heavy atom. The minimum Gasteiger partial charge on any atom is -0.388 e. The zero-order valence-corrected chi connectivity index (χ0v) is 11.6. The highest BCUT2D eigenvalue weighted by Gasteiger charge is 2.21. The summed E-state index contributed by atoms with van der Waals surface area (Å²) < 4.78 is 26.8. The predicted octanol–water partition coefficient (Wildman–Crippen LogP) is 3.40. The smallest absolute Gasteiger partial charge is 0.164 e.